The summed E-state index contributed by atoms with van der Waals surface area (Å²) in [6, 6.07) is 9.69. The van der Waals surface area contributed by atoms with Crippen molar-refractivity contribution in [2.45, 2.75) is 13.8 Å². The summed E-state index contributed by atoms with van der Waals surface area (Å²) in [6.07, 6.45) is 0. The molecule has 3 heteroatoms. The second kappa shape index (κ2) is 6.82. The van der Waals surface area contributed by atoms with Crippen molar-refractivity contribution in [2.24, 2.45) is 0 Å². The first-order chi connectivity index (χ1) is 8.17. The molecule has 0 amide bonds. The van der Waals surface area contributed by atoms with E-state index >= 15 is 0 Å². The summed E-state index contributed by atoms with van der Waals surface area (Å²) in [4.78, 5) is 0. The van der Waals surface area contributed by atoms with Gasteiger partial charge in [0.25, 0.3) is 0 Å². The van der Waals surface area contributed by atoms with Gasteiger partial charge in [-0.25, -0.2) is 0 Å². The SMILES string of the molecule is C=C(NCC)S/C=C(\C)c1ccc(C#N)cc1. The van der Waals surface area contributed by atoms with Gasteiger partial charge in [-0.2, -0.15) is 5.26 Å². The number of hydrogen-bond acceptors (Lipinski definition) is 3. The van der Waals surface area contributed by atoms with E-state index in [1.54, 1.807) is 11.8 Å². The Morgan fingerprint density at radius 1 is 1.47 bits per heavy atom. The highest BCUT2D eigenvalue weighted by Crippen LogP contribution is 2.21. The van der Waals surface area contributed by atoms with E-state index in [0.29, 0.717) is 5.56 Å². The number of nitrogens with one attached hydrogen (secondary N) is 1. The molecule has 0 fully saturated rings. The van der Waals surface area contributed by atoms with Crippen molar-refractivity contribution in [1.82, 2.24) is 5.32 Å². The molecule has 1 aromatic rings. The Labute approximate surface area is 107 Å². The number of hydrogen-bond donors (Lipinski definition) is 1. The van der Waals surface area contributed by atoms with E-state index in [1.165, 1.54) is 5.57 Å². The van der Waals surface area contributed by atoms with Crippen LogP contribution >= 0.6 is 11.8 Å². The summed E-state index contributed by atoms with van der Waals surface area (Å²) in [6.45, 7) is 8.88. The molecule has 0 aromatic heterocycles. The van der Waals surface area contributed by atoms with Crippen molar-refractivity contribution in [3.63, 3.8) is 0 Å². The summed E-state index contributed by atoms with van der Waals surface area (Å²) in [5.74, 6) is 0. The molecule has 1 rings (SSSR count). The Balaban J connectivity index is 2.68. The van der Waals surface area contributed by atoms with Crippen molar-refractivity contribution in [3.8, 4) is 6.07 Å². The minimum absolute atomic E-state index is 0.686. The highest BCUT2D eigenvalue weighted by Gasteiger charge is 1.97. The number of thioether (sulfide) groups is 1. The first kappa shape index (κ1) is 13.4. The molecule has 88 valence electrons. The van der Waals surface area contributed by atoms with E-state index in [2.05, 4.69) is 23.4 Å². The molecule has 1 aromatic carbocycles. The first-order valence-electron chi connectivity index (χ1n) is 5.44. The zero-order valence-electron chi connectivity index (χ0n) is 10.2. The van der Waals surface area contributed by atoms with Crippen LogP contribution in [-0.4, -0.2) is 6.54 Å². The van der Waals surface area contributed by atoms with Gasteiger partial charge in [-0.15, -0.1) is 0 Å². The number of nitriles is 1. The van der Waals surface area contributed by atoms with Crippen molar-refractivity contribution in [2.75, 3.05) is 6.54 Å². The Kier molecular flexibility index (Phi) is 5.38. The lowest BCUT2D eigenvalue weighted by Crippen LogP contribution is -2.07. The zero-order valence-corrected chi connectivity index (χ0v) is 11.0. The van der Waals surface area contributed by atoms with Crippen LogP contribution in [0.25, 0.3) is 5.57 Å². The third kappa shape index (κ3) is 4.38. The molecule has 0 aliphatic carbocycles. The van der Waals surface area contributed by atoms with Gasteiger partial charge in [0.2, 0.25) is 0 Å². The minimum Gasteiger partial charge on any atom is -0.380 e. The normalized spacial score (nSPS) is 10.8. The van der Waals surface area contributed by atoms with Crippen LogP contribution in [0, 0.1) is 11.3 Å². The predicted octanol–water partition coefficient (Wildman–Crippen LogP) is 3.73. The molecule has 2 nitrogen and oxygen atoms in total. The van der Waals surface area contributed by atoms with Crippen LogP contribution in [0.1, 0.15) is 25.0 Å². The third-order valence-electron chi connectivity index (χ3n) is 2.22. The monoisotopic (exact) mass is 244 g/mol. The molecule has 0 radical (unpaired) electrons. The number of rotatable bonds is 5. The van der Waals surface area contributed by atoms with Gasteiger partial charge >= 0.3 is 0 Å². The van der Waals surface area contributed by atoms with E-state index in [4.69, 9.17) is 5.26 Å². The first-order valence-corrected chi connectivity index (χ1v) is 6.32. The van der Waals surface area contributed by atoms with Gasteiger partial charge < -0.3 is 5.32 Å². The zero-order chi connectivity index (χ0) is 12.7. The summed E-state index contributed by atoms with van der Waals surface area (Å²) in [7, 11) is 0. The molecule has 0 unspecified atom stereocenters. The second-order valence-electron chi connectivity index (χ2n) is 3.56. The molecule has 0 aliphatic heterocycles. The largest absolute Gasteiger partial charge is 0.380 e. The van der Waals surface area contributed by atoms with Gasteiger partial charge in [-0.3, -0.25) is 0 Å². The molecular formula is C14H16N2S. The lowest BCUT2D eigenvalue weighted by molar-refractivity contribution is 0.909. The van der Waals surface area contributed by atoms with E-state index in [9.17, 15) is 0 Å². The molecule has 0 saturated heterocycles. The number of benzene rings is 1. The van der Waals surface area contributed by atoms with Crippen LogP contribution in [0.5, 0.6) is 0 Å². The van der Waals surface area contributed by atoms with Crippen molar-refractivity contribution in [3.05, 3.63) is 52.4 Å². The number of nitrogens with zero attached hydrogens (tertiary/aromatic N) is 1. The highest BCUT2D eigenvalue weighted by atomic mass is 32.2. The number of allylic oxidation sites excluding steroid dienone is 1. The fraction of sp³-hybridized carbons (Fsp3) is 0.214. The Bertz CT molecular complexity index is 452. The lowest BCUT2D eigenvalue weighted by Gasteiger charge is -2.05. The third-order valence-corrected chi connectivity index (χ3v) is 3.12. The Morgan fingerprint density at radius 3 is 2.65 bits per heavy atom. The van der Waals surface area contributed by atoms with Gasteiger partial charge in [0.1, 0.15) is 0 Å². The maximum atomic E-state index is 8.71. The summed E-state index contributed by atoms with van der Waals surface area (Å²) < 4.78 is 0. The van der Waals surface area contributed by atoms with Crippen LogP contribution in [0.3, 0.4) is 0 Å². The van der Waals surface area contributed by atoms with Crippen molar-refractivity contribution in [1.29, 1.82) is 5.26 Å². The maximum Gasteiger partial charge on any atom is 0.0991 e. The Hall–Kier alpha value is -1.66. The van der Waals surface area contributed by atoms with Crippen LogP contribution in [0.4, 0.5) is 0 Å². The minimum atomic E-state index is 0.686. The standard InChI is InChI=1S/C14H16N2S/c1-4-16-12(3)17-10-11(2)14-7-5-13(9-15)6-8-14/h5-8,10,16H,3-4H2,1-2H3/b11-10+. The van der Waals surface area contributed by atoms with Crippen molar-refractivity contribution >= 4 is 17.3 Å². The summed E-state index contributed by atoms with van der Waals surface area (Å²) in [5.41, 5.74) is 2.98. The van der Waals surface area contributed by atoms with Crippen LogP contribution < -0.4 is 5.32 Å². The molecule has 0 bridgehead atoms. The molecule has 0 atom stereocenters. The van der Waals surface area contributed by atoms with Gasteiger partial charge in [0.05, 0.1) is 16.7 Å². The van der Waals surface area contributed by atoms with Crippen LogP contribution in [0.15, 0.2) is 41.3 Å². The van der Waals surface area contributed by atoms with Crippen LogP contribution in [0.2, 0.25) is 0 Å². The summed E-state index contributed by atoms with van der Waals surface area (Å²) >= 11 is 1.58. The quantitative estimate of drug-likeness (QED) is 0.857. The lowest BCUT2D eigenvalue weighted by atomic mass is 10.1. The molecular weight excluding hydrogens is 228 g/mol. The topological polar surface area (TPSA) is 35.8 Å². The van der Waals surface area contributed by atoms with Gasteiger partial charge in [0, 0.05) is 6.54 Å². The fourth-order valence-corrected chi connectivity index (χ4v) is 1.96. The van der Waals surface area contributed by atoms with Crippen LogP contribution in [-0.2, 0) is 0 Å². The molecule has 0 heterocycles. The van der Waals surface area contributed by atoms with Gasteiger partial charge in [-0.1, -0.05) is 30.5 Å². The average Bonchev–Trinajstić information content (AvgIpc) is 2.36. The van der Waals surface area contributed by atoms with E-state index in [-0.39, 0.29) is 0 Å². The van der Waals surface area contributed by atoms with Crippen molar-refractivity contribution < 1.29 is 0 Å². The van der Waals surface area contributed by atoms with E-state index in [1.807, 2.05) is 38.1 Å². The maximum absolute atomic E-state index is 8.71. The smallest absolute Gasteiger partial charge is 0.0991 e. The Morgan fingerprint density at radius 2 is 2.12 bits per heavy atom. The predicted molar refractivity (Wildman–Crippen MR) is 75.2 cm³/mol. The molecule has 0 spiro atoms. The average molecular weight is 244 g/mol. The molecule has 0 saturated carbocycles. The fourth-order valence-electron chi connectivity index (χ4n) is 1.27. The van der Waals surface area contributed by atoms with Gasteiger partial charge in [0.15, 0.2) is 0 Å². The summed E-state index contributed by atoms with van der Waals surface area (Å²) in [5, 5.41) is 14.9. The molecule has 17 heavy (non-hydrogen) atoms. The van der Waals surface area contributed by atoms with E-state index in [0.717, 1.165) is 17.1 Å². The molecule has 0 aliphatic rings. The highest BCUT2D eigenvalue weighted by molar-refractivity contribution is 8.05. The molecule has 1 N–H and O–H groups in total. The second-order valence-corrected chi connectivity index (χ2v) is 4.53. The van der Waals surface area contributed by atoms with E-state index < -0.39 is 0 Å². The van der Waals surface area contributed by atoms with Gasteiger partial charge in [-0.05, 0) is 42.5 Å².